The van der Waals surface area contributed by atoms with Crippen molar-refractivity contribution in [2.24, 2.45) is 0 Å². The Morgan fingerprint density at radius 1 is 1.15 bits per heavy atom. The largest absolute Gasteiger partial charge is 0.463 e. The summed E-state index contributed by atoms with van der Waals surface area (Å²) < 4.78 is 24.4. The minimum Gasteiger partial charge on any atom is -0.463 e. The van der Waals surface area contributed by atoms with E-state index in [0.717, 1.165) is 25.7 Å². The van der Waals surface area contributed by atoms with Gasteiger partial charge in [-0.2, -0.15) is 0 Å². The first kappa shape index (κ1) is 24.1. The van der Waals surface area contributed by atoms with E-state index in [4.69, 9.17) is 31.2 Å². The molecule has 2 aromatic rings. The molecule has 0 spiro atoms. The average molecular weight is 494 g/mol. The Morgan fingerprint density at radius 2 is 1.82 bits per heavy atom. The molecule has 0 bridgehead atoms. The maximum atomic E-state index is 12.0. The number of nitrogens with one attached hydrogen (secondary N) is 2. The van der Waals surface area contributed by atoms with Crippen molar-refractivity contribution in [3.8, 4) is 0 Å². The Labute approximate surface area is 200 Å². The van der Waals surface area contributed by atoms with Crippen molar-refractivity contribution in [2.45, 2.75) is 77.0 Å². The number of carbonyl (C=O) groups excluding carboxylic acids is 3. The molecule has 0 unspecified atom stereocenters. The number of ether oxygens (including phenoxy) is 4. The summed E-state index contributed by atoms with van der Waals surface area (Å²) in [6.45, 7) is 3.56. The molecular formula is C21H27N5O7S. The Balaban J connectivity index is 1.80. The van der Waals surface area contributed by atoms with Gasteiger partial charge in [0.25, 0.3) is 0 Å². The molecule has 1 aliphatic heterocycles. The molecule has 1 saturated carbocycles. The van der Waals surface area contributed by atoms with Crippen molar-refractivity contribution < 1.29 is 33.3 Å². The third-order valence-corrected chi connectivity index (χ3v) is 6.08. The topological polar surface area (TPSA) is 147 Å². The number of aromatic nitrogens is 4. The van der Waals surface area contributed by atoms with Gasteiger partial charge in [-0.05, 0) is 12.8 Å². The summed E-state index contributed by atoms with van der Waals surface area (Å²) in [6, 6.07) is 0.201. The zero-order valence-corrected chi connectivity index (χ0v) is 19.9. The van der Waals surface area contributed by atoms with E-state index >= 15 is 0 Å². The van der Waals surface area contributed by atoms with Crippen LogP contribution in [0.4, 0.5) is 5.95 Å². The Bertz CT molecular complexity index is 1140. The van der Waals surface area contributed by atoms with Crippen LogP contribution in [0.25, 0.3) is 11.2 Å². The van der Waals surface area contributed by atoms with Crippen LogP contribution in [0.15, 0.2) is 6.33 Å². The number of esters is 3. The molecular weight excluding hydrogens is 466 g/mol. The lowest BCUT2D eigenvalue weighted by Gasteiger charge is -2.25. The van der Waals surface area contributed by atoms with Crippen LogP contribution in [0.5, 0.6) is 0 Å². The first-order chi connectivity index (χ1) is 16.2. The van der Waals surface area contributed by atoms with E-state index in [0.29, 0.717) is 17.1 Å². The number of carbonyl (C=O) groups is 3. The van der Waals surface area contributed by atoms with Crippen molar-refractivity contribution in [3.05, 3.63) is 11.0 Å². The highest BCUT2D eigenvalue weighted by atomic mass is 32.1. The number of imidazole rings is 1. The van der Waals surface area contributed by atoms with E-state index in [9.17, 15) is 14.4 Å². The Kier molecular flexibility index (Phi) is 7.12. The average Bonchev–Trinajstić information content (AvgIpc) is 3.46. The third-order valence-electron chi connectivity index (χ3n) is 5.78. The first-order valence-electron chi connectivity index (χ1n) is 11.1. The maximum absolute atomic E-state index is 12.0. The van der Waals surface area contributed by atoms with Crippen LogP contribution >= 0.6 is 12.2 Å². The lowest BCUT2D eigenvalue weighted by molar-refractivity contribution is -0.166. The zero-order valence-electron chi connectivity index (χ0n) is 19.1. The van der Waals surface area contributed by atoms with Crippen LogP contribution < -0.4 is 5.32 Å². The molecule has 0 radical (unpaired) electrons. The normalized spacial score (nSPS) is 24.8. The van der Waals surface area contributed by atoms with Crippen LogP contribution in [0.1, 0.15) is 52.7 Å². The molecule has 2 aromatic heterocycles. The maximum Gasteiger partial charge on any atom is 0.303 e. The number of hydrogen-bond donors (Lipinski definition) is 2. The number of hydrogen-bond acceptors (Lipinski definition) is 11. The summed E-state index contributed by atoms with van der Waals surface area (Å²) in [5, 5.41) is 3.44. The zero-order chi connectivity index (χ0) is 24.4. The Hall–Kier alpha value is -3.06. The highest BCUT2D eigenvalue weighted by Crippen LogP contribution is 2.38. The van der Waals surface area contributed by atoms with E-state index in [-0.39, 0.29) is 17.3 Å². The fourth-order valence-electron chi connectivity index (χ4n) is 4.44. The summed E-state index contributed by atoms with van der Waals surface area (Å²) in [5.41, 5.74) is 0.938. The third kappa shape index (κ3) is 5.04. The minimum atomic E-state index is -1.04. The number of anilines is 1. The molecule has 1 aliphatic carbocycles. The van der Waals surface area contributed by atoms with E-state index in [1.165, 1.54) is 27.1 Å². The number of aromatic amines is 1. The highest BCUT2D eigenvalue weighted by Gasteiger charge is 2.51. The predicted molar refractivity (Wildman–Crippen MR) is 120 cm³/mol. The van der Waals surface area contributed by atoms with Gasteiger partial charge in [0.15, 0.2) is 23.1 Å². The number of nitrogens with zero attached hydrogens (tertiary/aromatic N) is 3. The molecule has 2 N–H and O–H groups in total. The van der Waals surface area contributed by atoms with Gasteiger partial charge in [0.2, 0.25) is 5.95 Å². The molecule has 3 heterocycles. The van der Waals surface area contributed by atoms with Gasteiger partial charge < -0.3 is 29.2 Å². The van der Waals surface area contributed by atoms with Gasteiger partial charge >= 0.3 is 17.9 Å². The second-order valence-electron chi connectivity index (χ2n) is 8.35. The van der Waals surface area contributed by atoms with Gasteiger partial charge in [0, 0.05) is 26.8 Å². The molecule has 34 heavy (non-hydrogen) atoms. The van der Waals surface area contributed by atoms with Crippen molar-refractivity contribution >= 4 is 47.2 Å². The van der Waals surface area contributed by atoms with Crippen molar-refractivity contribution in [2.75, 3.05) is 11.9 Å². The van der Waals surface area contributed by atoms with E-state index < -0.39 is 42.4 Å². The van der Waals surface area contributed by atoms with Gasteiger partial charge in [-0.15, -0.1) is 0 Å². The van der Waals surface area contributed by atoms with Crippen LogP contribution in [0, 0.1) is 4.64 Å². The second-order valence-corrected chi connectivity index (χ2v) is 8.74. The second kappa shape index (κ2) is 10.1. The van der Waals surface area contributed by atoms with Gasteiger partial charge in [-0.25, -0.2) is 9.97 Å². The first-order valence-corrected chi connectivity index (χ1v) is 11.5. The lowest BCUT2D eigenvalue weighted by atomic mass is 10.1. The monoisotopic (exact) mass is 493 g/mol. The lowest BCUT2D eigenvalue weighted by Crippen LogP contribution is -2.40. The summed E-state index contributed by atoms with van der Waals surface area (Å²) in [5.74, 6) is -1.26. The molecule has 184 valence electrons. The summed E-state index contributed by atoms with van der Waals surface area (Å²) >= 11 is 5.37. The standard InChI is InChI=1S/C21H27N5O7S/c1-10(27)30-8-14-16(31-11(2)28)17(32-12(3)29)20(33-14)26-18-15(19(34)23-9-22-18)25-21(26)24-13-6-4-5-7-13/h9,13-14,16-17,20H,4-8H2,1-3H3,(H,24,25)(H,22,23,34)/t14-,16-,17-,20-/m1/s1. The van der Waals surface area contributed by atoms with Gasteiger partial charge in [0.05, 0.1) is 6.33 Å². The molecule has 13 heteroatoms. The molecule has 2 aliphatic rings. The van der Waals surface area contributed by atoms with Gasteiger partial charge in [0.1, 0.15) is 23.9 Å². The van der Waals surface area contributed by atoms with E-state index in [1.807, 2.05) is 0 Å². The van der Waals surface area contributed by atoms with Crippen LogP contribution in [-0.2, 0) is 33.3 Å². The molecule has 0 amide bonds. The summed E-state index contributed by atoms with van der Waals surface area (Å²) in [4.78, 5) is 47.2. The molecule has 1 saturated heterocycles. The smallest absolute Gasteiger partial charge is 0.303 e. The SMILES string of the molecule is CC(=O)OC[C@H]1O[C@@H](n2c(NC3CCCC3)nc3c(=S)nc[nH]c32)[C@H](OC(C)=O)[C@@H]1OC(C)=O. The van der Waals surface area contributed by atoms with Crippen molar-refractivity contribution in [1.29, 1.82) is 0 Å². The number of fused-ring (bicyclic) bond motifs is 1. The number of rotatable bonds is 7. The highest BCUT2D eigenvalue weighted by molar-refractivity contribution is 7.71. The van der Waals surface area contributed by atoms with E-state index in [2.05, 4.69) is 20.3 Å². The van der Waals surface area contributed by atoms with Crippen molar-refractivity contribution in [3.63, 3.8) is 0 Å². The van der Waals surface area contributed by atoms with Crippen LogP contribution in [0.2, 0.25) is 0 Å². The molecule has 2 fully saturated rings. The quantitative estimate of drug-likeness (QED) is 0.332. The van der Waals surface area contributed by atoms with Crippen LogP contribution in [-0.4, -0.2) is 68.4 Å². The molecule has 4 atom stereocenters. The molecule has 12 nitrogen and oxygen atoms in total. The Morgan fingerprint density at radius 3 is 2.47 bits per heavy atom. The minimum absolute atomic E-state index is 0.197. The summed E-state index contributed by atoms with van der Waals surface area (Å²) in [7, 11) is 0. The van der Waals surface area contributed by atoms with Crippen molar-refractivity contribution in [1.82, 2.24) is 19.5 Å². The van der Waals surface area contributed by atoms with E-state index in [1.54, 1.807) is 4.57 Å². The molecule has 0 aromatic carbocycles. The fraction of sp³-hybridized carbons (Fsp3) is 0.619. The molecule has 4 rings (SSSR count). The van der Waals surface area contributed by atoms with Crippen LogP contribution in [0.3, 0.4) is 0 Å². The van der Waals surface area contributed by atoms with Gasteiger partial charge in [-0.3, -0.25) is 19.0 Å². The predicted octanol–water partition coefficient (Wildman–Crippen LogP) is 2.17. The summed E-state index contributed by atoms with van der Waals surface area (Å²) in [6.07, 6.45) is 1.70. The fourth-order valence-corrected chi connectivity index (χ4v) is 4.63. The van der Waals surface area contributed by atoms with Gasteiger partial charge in [-0.1, -0.05) is 25.1 Å². The number of H-pyrrole nitrogens is 1.